The number of piperidine rings is 1. The minimum absolute atomic E-state index is 0.104. The van der Waals surface area contributed by atoms with Crippen LogP contribution in [0, 0.1) is 5.92 Å². The predicted molar refractivity (Wildman–Crippen MR) is 112 cm³/mol. The minimum atomic E-state index is -3.64. The second-order valence-corrected chi connectivity index (χ2v) is 9.19. The Morgan fingerprint density at radius 3 is 2.52 bits per heavy atom. The van der Waals surface area contributed by atoms with Crippen molar-refractivity contribution in [3.05, 3.63) is 60.2 Å². The standard InChI is InChI=1S/C22H28N2O4S/c1-3-28-20-11-13-21(14-12-20)29(26,27)24-15-7-10-19(16-24)22(25)23-17(2)18-8-5-4-6-9-18/h4-6,8-9,11-14,17,19H,3,7,10,15-16H2,1-2H3,(H,23,25)/t17-,19-/m0/s1. The van der Waals surface area contributed by atoms with Crippen molar-refractivity contribution < 1.29 is 17.9 Å². The lowest BCUT2D eigenvalue weighted by Crippen LogP contribution is -2.45. The van der Waals surface area contributed by atoms with E-state index < -0.39 is 10.0 Å². The van der Waals surface area contributed by atoms with E-state index in [4.69, 9.17) is 4.74 Å². The van der Waals surface area contributed by atoms with E-state index in [0.717, 1.165) is 5.56 Å². The predicted octanol–water partition coefficient (Wildman–Crippen LogP) is 3.36. The van der Waals surface area contributed by atoms with Crippen molar-refractivity contribution in [1.29, 1.82) is 0 Å². The summed E-state index contributed by atoms with van der Waals surface area (Å²) in [4.78, 5) is 13.0. The first-order chi connectivity index (χ1) is 13.9. The Morgan fingerprint density at radius 1 is 1.17 bits per heavy atom. The molecular weight excluding hydrogens is 388 g/mol. The lowest BCUT2D eigenvalue weighted by molar-refractivity contribution is -0.126. The summed E-state index contributed by atoms with van der Waals surface area (Å²) >= 11 is 0. The Balaban J connectivity index is 1.66. The van der Waals surface area contributed by atoms with Crippen LogP contribution >= 0.6 is 0 Å². The van der Waals surface area contributed by atoms with E-state index in [1.54, 1.807) is 24.3 Å². The molecule has 0 spiro atoms. The summed E-state index contributed by atoms with van der Waals surface area (Å²) in [5.74, 6) is 0.178. The molecular formula is C22H28N2O4S. The summed E-state index contributed by atoms with van der Waals surface area (Å²) < 4.78 is 32.8. The Kier molecular flexibility index (Phi) is 6.92. The molecule has 0 aliphatic carbocycles. The maximum absolute atomic E-state index is 13.0. The van der Waals surface area contributed by atoms with Gasteiger partial charge in [-0.2, -0.15) is 4.31 Å². The van der Waals surface area contributed by atoms with Crippen LogP contribution in [0.4, 0.5) is 0 Å². The molecule has 1 fully saturated rings. The van der Waals surface area contributed by atoms with Crippen molar-refractivity contribution in [3.63, 3.8) is 0 Å². The number of rotatable bonds is 7. The lowest BCUT2D eigenvalue weighted by Gasteiger charge is -2.32. The topological polar surface area (TPSA) is 75.7 Å². The molecule has 0 bridgehead atoms. The fraction of sp³-hybridized carbons (Fsp3) is 0.409. The molecule has 2 aromatic carbocycles. The van der Waals surface area contributed by atoms with Gasteiger partial charge in [-0.1, -0.05) is 30.3 Å². The second kappa shape index (κ2) is 9.41. The average Bonchev–Trinajstić information content (AvgIpc) is 2.75. The monoisotopic (exact) mass is 416 g/mol. The molecule has 1 amide bonds. The Labute approximate surface area is 172 Å². The van der Waals surface area contributed by atoms with Crippen molar-refractivity contribution in [3.8, 4) is 5.75 Å². The molecule has 0 radical (unpaired) electrons. The SMILES string of the molecule is CCOc1ccc(S(=O)(=O)N2CCC[C@H](C(=O)N[C@@H](C)c3ccccc3)C2)cc1. The highest BCUT2D eigenvalue weighted by molar-refractivity contribution is 7.89. The van der Waals surface area contributed by atoms with Crippen LogP contribution in [0.5, 0.6) is 5.75 Å². The third kappa shape index (κ3) is 5.16. The average molecular weight is 417 g/mol. The van der Waals surface area contributed by atoms with E-state index in [1.807, 2.05) is 44.2 Å². The number of hydrogen-bond acceptors (Lipinski definition) is 4. The van der Waals surface area contributed by atoms with Gasteiger partial charge in [-0.3, -0.25) is 4.79 Å². The summed E-state index contributed by atoms with van der Waals surface area (Å²) in [6, 6.07) is 16.0. The summed E-state index contributed by atoms with van der Waals surface area (Å²) in [6.45, 7) is 4.96. The number of amides is 1. The van der Waals surface area contributed by atoms with Gasteiger partial charge in [0.2, 0.25) is 15.9 Å². The Hall–Kier alpha value is -2.38. The smallest absolute Gasteiger partial charge is 0.243 e. The Morgan fingerprint density at radius 2 is 1.86 bits per heavy atom. The van der Waals surface area contributed by atoms with E-state index in [9.17, 15) is 13.2 Å². The molecule has 2 atom stereocenters. The summed E-state index contributed by atoms with van der Waals surface area (Å²) in [7, 11) is -3.64. The van der Waals surface area contributed by atoms with Crippen LogP contribution in [-0.2, 0) is 14.8 Å². The third-order valence-electron chi connectivity index (χ3n) is 5.19. The molecule has 6 nitrogen and oxygen atoms in total. The molecule has 1 saturated heterocycles. The van der Waals surface area contributed by atoms with E-state index in [1.165, 1.54) is 4.31 Å². The molecule has 0 unspecified atom stereocenters. The first-order valence-corrected chi connectivity index (χ1v) is 11.4. The molecule has 7 heteroatoms. The highest BCUT2D eigenvalue weighted by Gasteiger charge is 2.33. The number of carbonyl (C=O) groups is 1. The van der Waals surface area contributed by atoms with Gasteiger partial charge < -0.3 is 10.1 Å². The number of carbonyl (C=O) groups excluding carboxylic acids is 1. The van der Waals surface area contributed by atoms with Gasteiger partial charge in [-0.15, -0.1) is 0 Å². The molecule has 1 aliphatic heterocycles. The van der Waals surface area contributed by atoms with Crippen molar-refractivity contribution in [2.45, 2.75) is 37.6 Å². The second-order valence-electron chi connectivity index (χ2n) is 7.25. The van der Waals surface area contributed by atoms with Crippen LogP contribution in [0.15, 0.2) is 59.5 Å². The van der Waals surface area contributed by atoms with E-state index >= 15 is 0 Å². The molecule has 3 rings (SSSR count). The molecule has 0 aromatic heterocycles. The zero-order valence-corrected chi connectivity index (χ0v) is 17.7. The molecule has 1 N–H and O–H groups in total. The van der Waals surface area contributed by atoms with Gasteiger partial charge in [0.15, 0.2) is 0 Å². The number of nitrogens with zero attached hydrogens (tertiary/aromatic N) is 1. The number of ether oxygens (including phenoxy) is 1. The van der Waals surface area contributed by atoms with Crippen LogP contribution < -0.4 is 10.1 Å². The first kappa shape index (κ1) is 21.3. The third-order valence-corrected chi connectivity index (χ3v) is 7.07. The van der Waals surface area contributed by atoms with Crippen molar-refractivity contribution in [2.75, 3.05) is 19.7 Å². The zero-order valence-electron chi connectivity index (χ0n) is 16.9. The highest BCUT2D eigenvalue weighted by Crippen LogP contribution is 2.26. The van der Waals surface area contributed by atoms with Gasteiger partial charge in [-0.25, -0.2) is 8.42 Å². The molecule has 2 aromatic rings. The number of hydrogen-bond donors (Lipinski definition) is 1. The normalized spacial score (nSPS) is 18.8. The maximum Gasteiger partial charge on any atom is 0.243 e. The first-order valence-electron chi connectivity index (χ1n) is 10.00. The quantitative estimate of drug-likeness (QED) is 0.751. The van der Waals surface area contributed by atoms with Crippen LogP contribution in [0.3, 0.4) is 0 Å². The summed E-state index contributed by atoms with van der Waals surface area (Å²) in [5, 5.41) is 3.02. The Bertz CT molecular complexity index is 914. The largest absolute Gasteiger partial charge is 0.494 e. The van der Waals surface area contributed by atoms with Gasteiger partial charge in [-0.05, 0) is 56.5 Å². The summed E-state index contributed by atoms with van der Waals surface area (Å²) in [6.07, 6.45) is 1.34. The maximum atomic E-state index is 13.0. The van der Waals surface area contributed by atoms with Gasteiger partial charge in [0, 0.05) is 13.1 Å². The number of nitrogens with one attached hydrogen (secondary N) is 1. The van der Waals surface area contributed by atoms with Gasteiger partial charge in [0.05, 0.1) is 23.5 Å². The fourth-order valence-electron chi connectivity index (χ4n) is 3.55. The van der Waals surface area contributed by atoms with E-state index in [0.29, 0.717) is 31.7 Å². The van der Waals surface area contributed by atoms with Crippen molar-refractivity contribution >= 4 is 15.9 Å². The van der Waals surface area contributed by atoms with Crippen LogP contribution in [0.2, 0.25) is 0 Å². The zero-order chi connectivity index (χ0) is 20.9. The molecule has 29 heavy (non-hydrogen) atoms. The number of benzene rings is 2. The number of sulfonamides is 1. The molecule has 1 aliphatic rings. The summed E-state index contributed by atoms with van der Waals surface area (Å²) in [5.41, 5.74) is 1.02. The lowest BCUT2D eigenvalue weighted by atomic mass is 9.98. The van der Waals surface area contributed by atoms with Gasteiger partial charge in [0.1, 0.15) is 5.75 Å². The van der Waals surface area contributed by atoms with E-state index in [-0.39, 0.29) is 29.3 Å². The fourth-order valence-corrected chi connectivity index (χ4v) is 5.08. The van der Waals surface area contributed by atoms with Gasteiger partial charge >= 0.3 is 0 Å². The molecule has 0 saturated carbocycles. The minimum Gasteiger partial charge on any atom is -0.494 e. The van der Waals surface area contributed by atoms with Crippen LogP contribution in [0.25, 0.3) is 0 Å². The van der Waals surface area contributed by atoms with Crippen LogP contribution in [-0.4, -0.2) is 38.3 Å². The van der Waals surface area contributed by atoms with Crippen LogP contribution in [0.1, 0.15) is 38.3 Å². The molecule has 1 heterocycles. The highest BCUT2D eigenvalue weighted by atomic mass is 32.2. The molecule has 156 valence electrons. The van der Waals surface area contributed by atoms with Crippen molar-refractivity contribution in [2.24, 2.45) is 5.92 Å². The van der Waals surface area contributed by atoms with Crippen molar-refractivity contribution in [1.82, 2.24) is 9.62 Å². The van der Waals surface area contributed by atoms with E-state index in [2.05, 4.69) is 5.32 Å². The van der Waals surface area contributed by atoms with Gasteiger partial charge in [0.25, 0.3) is 0 Å².